The molecule has 0 aliphatic heterocycles. The van der Waals surface area contributed by atoms with E-state index < -0.39 is 0 Å². The number of hydrogen-bond donors (Lipinski definition) is 0. The van der Waals surface area contributed by atoms with Crippen LogP contribution in [-0.2, 0) is 0 Å². The molecule has 2 heterocycles. The summed E-state index contributed by atoms with van der Waals surface area (Å²) in [5.41, 5.74) is 7.66. The van der Waals surface area contributed by atoms with Crippen LogP contribution in [0.15, 0.2) is 168 Å². The number of benzene rings is 8. The highest BCUT2D eigenvalue weighted by molar-refractivity contribution is 7.26. The van der Waals surface area contributed by atoms with Gasteiger partial charge in [-0.05, 0) is 87.3 Å². The molecule has 0 bridgehead atoms. The van der Waals surface area contributed by atoms with E-state index in [0.29, 0.717) is 0 Å². The van der Waals surface area contributed by atoms with Crippen molar-refractivity contribution in [2.24, 2.45) is 0 Å². The van der Waals surface area contributed by atoms with Gasteiger partial charge < -0.3 is 9.32 Å². The minimum atomic E-state index is 0.898. The van der Waals surface area contributed by atoms with Gasteiger partial charge in [0.05, 0.1) is 10.4 Å². The molecule has 0 fully saturated rings. The van der Waals surface area contributed by atoms with Crippen molar-refractivity contribution in [2.45, 2.75) is 0 Å². The molecule has 0 atom stereocenters. The molecule has 0 unspecified atom stereocenters. The van der Waals surface area contributed by atoms with E-state index in [1.165, 1.54) is 58.5 Å². The van der Waals surface area contributed by atoms with Gasteiger partial charge in [-0.3, -0.25) is 0 Å². The number of nitrogens with zero attached hydrogens (tertiary/aromatic N) is 1. The smallest absolute Gasteiger partial charge is 0.135 e. The summed E-state index contributed by atoms with van der Waals surface area (Å²) in [5.74, 6) is 0. The summed E-state index contributed by atoms with van der Waals surface area (Å²) in [5, 5.41) is 9.80. The SMILES string of the molecule is c1ccc(-c2ccc3c(ccc4cc(N(c5ccc6oc7ccccc7c6c5)c5cccc6c5sc5ccccc56)ccc43)c2)cc1. The lowest BCUT2D eigenvalue weighted by molar-refractivity contribution is 0.669. The van der Waals surface area contributed by atoms with Crippen molar-refractivity contribution >= 4 is 92.1 Å². The zero-order valence-electron chi connectivity index (χ0n) is 25.4. The molecule has 0 aliphatic rings. The second kappa shape index (κ2) is 10.3. The van der Waals surface area contributed by atoms with Crippen molar-refractivity contribution in [1.29, 1.82) is 0 Å². The van der Waals surface area contributed by atoms with Gasteiger partial charge in [0.15, 0.2) is 0 Å². The Morgan fingerprint density at radius 2 is 1.09 bits per heavy atom. The minimum absolute atomic E-state index is 0.898. The number of fused-ring (bicyclic) bond motifs is 9. The Kier molecular flexibility index (Phi) is 5.78. The van der Waals surface area contributed by atoms with Crippen LogP contribution in [0.2, 0.25) is 0 Å². The van der Waals surface area contributed by atoms with Gasteiger partial charge in [-0.1, -0.05) is 109 Å². The molecule has 2 nitrogen and oxygen atoms in total. The van der Waals surface area contributed by atoms with Gasteiger partial charge in [-0.15, -0.1) is 11.3 Å². The molecule has 0 saturated carbocycles. The van der Waals surface area contributed by atoms with E-state index in [-0.39, 0.29) is 0 Å². The molecule has 10 aromatic rings. The maximum Gasteiger partial charge on any atom is 0.135 e. The Bertz CT molecular complexity index is 2810. The first-order chi connectivity index (χ1) is 23.3. The zero-order valence-corrected chi connectivity index (χ0v) is 26.2. The van der Waals surface area contributed by atoms with Crippen LogP contribution in [-0.4, -0.2) is 0 Å². The van der Waals surface area contributed by atoms with Gasteiger partial charge in [0.25, 0.3) is 0 Å². The van der Waals surface area contributed by atoms with E-state index in [2.05, 4.69) is 157 Å². The molecule has 8 aromatic carbocycles. The summed E-state index contributed by atoms with van der Waals surface area (Å²) < 4.78 is 8.80. The molecule has 3 heteroatoms. The van der Waals surface area contributed by atoms with Crippen LogP contribution in [0.4, 0.5) is 17.1 Å². The van der Waals surface area contributed by atoms with Crippen LogP contribution >= 0.6 is 11.3 Å². The molecule has 0 amide bonds. The molecule has 0 N–H and O–H groups in total. The Labute approximate surface area is 275 Å². The standard InChI is InChI=1S/C44H27NOS/c1-2-9-28(10-3-1)29-19-22-34-30(25-29)17-18-31-26-32(20-23-35(31)34)45(33-21-24-42-39(27-33)36-11-4-6-15-41(36)46-42)40-14-8-13-38-37-12-5-7-16-43(37)47-44(38)40/h1-27H. The summed E-state index contributed by atoms with van der Waals surface area (Å²) in [6.07, 6.45) is 0. The molecular weight excluding hydrogens is 591 g/mol. The van der Waals surface area contributed by atoms with Crippen molar-refractivity contribution in [3.63, 3.8) is 0 Å². The number of thiophene rings is 1. The topological polar surface area (TPSA) is 16.4 Å². The Morgan fingerprint density at radius 1 is 0.404 bits per heavy atom. The summed E-state index contributed by atoms with van der Waals surface area (Å²) in [6.45, 7) is 0. The lowest BCUT2D eigenvalue weighted by Crippen LogP contribution is -2.10. The first-order valence-corrected chi connectivity index (χ1v) is 16.7. The second-order valence-corrected chi connectivity index (χ2v) is 13.2. The van der Waals surface area contributed by atoms with Gasteiger partial charge in [0, 0.05) is 37.6 Å². The fourth-order valence-electron chi connectivity index (χ4n) is 7.20. The van der Waals surface area contributed by atoms with Gasteiger partial charge in [-0.25, -0.2) is 0 Å². The molecule has 2 aromatic heterocycles. The molecule has 0 saturated heterocycles. The molecule has 47 heavy (non-hydrogen) atoms. The van der Waals surface area contributed by atoms with Crippen molar-refractivity contribution in [2.75, 3.05) is 4.90 Å². The van der Waals surface area contributed by atoms with Gasteiger partial charge >= 0.3 is 0 Å². The fourth-order valence-corrected chi connectivity index (χ4v) is 8.40. The predicted octanol–water partition coefficient (Wildman–Crippen LogP) is 13.4. The van der Waals surface area contributed by atoms with E-state index in [4.69, 9.17) is 4.42 Å². The lowest BCUT2D eigenvalue weighted by Gasteiger charge is -2.26. The maximum atomic E-state index is 6.23. The number of rotatable bonds is 4. The van der Waals surface area contributed by atoms with Crippen LogP contribution in [0.5, 0.6) is 0 Å². The summed E-state index contributed by atoms with van der Waals surface area (Å²) in [6, 6.07) is 59.1. The van der Waals surface area contributed by atoms with Gasteiger partial charge in [-0.2, -0.15) is 0 Å². The summed E-state index contributed by atoms with van der Waals surface area (Å²) in [7, 11) is 0. The summed E-state index contributed by atoms with van der Waals surface area (Å²) in [4.78, 5) is 2.42. The summed E-state index contributed by atoms with van der Waals surface area (Å²) >= 11 is 1.86. The Balaban J connectivity index is 1.19. The molecule has 10 rings (SSSR count). The van der Waals surface area contributed by atoms with Gasteiger partial charge in [0.1, 0.15) is 11.2 Å². The van der Waals surface area contributed by atoms with Crippen molar-refractivity contribution < 1.29 is 4.42 Å². The number of hydrogen-bond acceptors (Lipinski definition) is 3. The Hall–Kier alpha value is -5.90. The molecule has 220 valence electrons. The fraction of sp³-hybridized carbons (Fsp3) is 0. The normalized spacial score (nSPS) is 11.8. The van der Waals surface area contributed by atoms with Crippen LogP contribution < -0.4 is 4.90 Å². The van der Waals surface area contributed by atoms with Crippen LogP contribution in [0.1, 0.15) is 0 Å². The average Bonchev–Trinajstić information content (AvgIpc) is 3.70. The Morgan fingerprint density at radius 3 is 1.98 bits per heavy atom. The third kappa shape index (κ3) is 4.17. The van der Waals surface area contributed by atoms with E-state index in [0.717, 1.165) is 33.3 Å². The highest BCUT2D eigenvalue weighted by Gasteiger charge is 2.20. The van der Waals surface area contributed by atoms with E-state index in [1.54, 1.807) is 0 Å². The van der Waals surface area contributed by atoms with Crippen molar-refractivity contribution in [3.8, 4) is 11.1 Å². The third-order valence-corrected chi connectivity index (χ3v) is 10.6. The number of furan rings is 1. The van der Waals surface area contributed by atoms with E-state index in [1.807, 2.05) is 23.5 Å². The zero-order chi connectivity index (χ0) is 30.9. The predicted molar refractivity (Wildman–Crippen MR) is 202 cm³/mol. The minimum Gasteiger partial charge on any atom is -0.456 e. The average molecular weight is 618 g/mol. The number of anilines is 3. The highest BCUT2D eigenvalue weighted by Crippen LogP contribution is 2.46. The quantitative estimate of drug-likeness (QED) is 0.183. The first kappa shape index (κ1) is 26.3. The molecule has 0 spiro atoms. The highest BCUT2D eigenvalue weighted by atomic mass is 32.1. The number of para-hydroxylation sites is 1. The largest absolute Gasteiger partial charge is 0.456 e. The first-order valence-electron chi connectivity index (χ1n) is 15.9. The van der Waals surface area contributed by atoms with Gasteiger partial charge in [0.2, 0.25) is 0 Å². The van der Waals surface area contributed by atoms with Crippen LogP contribution in [0.25, 0.3) is 74.8 Å². The van der Waals surface area contributed by atoms with E-state index >= 15 is 0 Å². The van der Waals surface area contributed by atoms with Crippen LogP contribution in [0, 0.1) is 0 Å². The van der Waals surface area contributed by atoms with Crippen molar-refractivity contribution in [1.82, 2.24) is 0 Å². The molecule has 0 aliphatic carbocycles. The maximum absolute atomic E-state index is 6.23. The van der Waals surface area contributed by atoms with E-state index in [9.17, 15) is 0 Å². The molecular formula is C44H27NOS. The lowest BCUT2D eigenvalue weighted by atomic mass is 9.97. The second-order valence-electron chi connectivity index (χ2n) is 12.1. The molecule has 0 radical (unpaired) electrons. The monoisotopic (exact) mass is 617 g/mol. The third-order valence-electron chi connectivity index (χ3n) is 9.43. The van der Waals surface area contributed by atoms with Crippen molar-refractivity contribution in [3.05, 3.63) is 164 Å². The van der Waals surface area contributed by atoms with Crippen LogP contribution in [0.3, 0.4) is 0 Å².